The van der Waals surface area contributed by atoms with E-state index in [0.29, 0.717) is 43.4 Å². The van der Waals surface area contributed by atoms with Gasteiger partial charge < -0.3 is 15.5 Å². The second kappa shape index (κ2) is 10.4. The zero-order valence-corrected chi connectivity index (χ0v) is 21.8. The highest BCUT2D eigenvalue weighted by atomic mass is 32.2. The van der Waals surface area contributed by atoms with Crippen molar-refractivity contribution in [1.29, 1.82) is 0 Å². The molecule has 1 aliphatic heterocycles. The maximum atomic E-state index is 12.9. The Labute approximate surface area is 212 Å². The van der Waals surface area contributed by atoms with Crippen LogP contribution >= 0.6 is 0 Å². The highest BCUT2D eigenvalue weighted by Crippen LogP contribution is 2.28. The van der Waals surface area contributed by atoms with E-state index >= 15 is 0 Å². The number of hydrogen-bond donors (Lipinski definition) is 1. The molecule has 0 saturated carbocycles. The van der Waals surface area contributed by atoms with Gasteiger partial charge in [0.25, 0.3) is 0 Å². The Morgan fingerprint density at radius 1 is 0.944 bits per heavy atom. The molecule has 0 atom stereocenters. The molecule has 3 aromatic rings. The number of rotatable bonds is 9. The van der Waals surface area contributed by atoms with Crippen molar-refractivity contribution in [1.82, 2.24) is 19.8 Å². The van der Waals surface area contributed by atoms with Crippen LogP contribution in [0.15, 0.2) is 70.6 Å². The normalized spacial score (nSPS) is 13.7. The molecule has 2 aromatic carbocycles. The fourth-order valence-corrected chi connectivity index (χ4v) is 5.72. The fraction of sp³-hybridized carbons (Fsp3) is 0.280. The third-order valence-corrected chi connectivity index (χ3v) is 8.66. The molecule has 9 nitrogen and oxygen atoms in total. The summed E-state index contributed by atoms with van der Waals surface area (Å²) in [5.74, 6) is 0.911. The average molecular weight is 528 g/mol. The second-order valence-electron chi connectivity index (χ2n) is 8.85. The van der Waals surface area contributed by atoms with Gasteiger partial charge in [-0.1, -0.05) is 18.2 Å². The summed E-state index contributed by atoms with van der Waals surface area (Å²) in [5, 5.41) is 0. The van der Waals surface area contributed by atoms with Crippen LogP contribution in [0.25, 0.3) is 17.5 Å². The third kappa shape index (κ3) is 6.10. The zero-order chi connectivity index (χ0) is 25.9. The first-order valence-corrected chi connectivity index (χ1v) is 14.9. The smallest absolute Gasteiger partial charge is 0.206 e. The van der Waals surface area contributed by atoms with Gasteiger partial charge in [-0.2, -0.15) is 0 Å². The van der Waals surface area contributed by atoms with Crippen LogP contribution in [0.2, 0.25) is 0 Å². The Balaban J connectivity index is 1.48. The molecule has 0 fully saturated rings. The largest absolute Gasteiger partial charge is 0.383 e. The van der Waals surface area contributed by atoms with E-state index in [1.165, 1.54) is 6.26 Å². The van der Waals surface area contributed by atoms with Crippen LogP contribution in [-0.4, -0.2) is 75.3 Å². The van der Waals surface area contributed by atoms with Gasteiger partial charge in [0.05, 0.1) is 27.8 Å². The van der Waals surface area contributed by atoms with Gasteiger partial charge in [0.1, 0.15) is 15.7 Å². The number of nitrogens with two attached hydrogens (primary N) is 1. The van der Waals surface area contributed by atoms with Crippen LogP contribution in [-0.2, 0) is 26.2 Å². The summed E-state index contributed by atoms with van der Waals surface area (Å²) in [6, 6.07) is 14.8. The monoisotopic (exact) mass is 527 g/mol. The van der Waals surface area contributed by atoms with E-state index in [9.17, 15) is 16.8 Å². The lowest BCUT2D eigenvalue weighted by atomic mass is 10.1. The average Bonchev–Trinajstić information content (AvgIpc) is 2.86. The van der Waals surface area contributed by atoms with Crippen molar-refractivity contribution < 1.29 is 16.8 Å². The van der Waals surface area contributed by atoms with Crippen molar-refractivity contribution in [2.45, 2.75) is 16.3 Å². The van der Waals surface area contributed by atoms with E-state index < -0.39 is 19.7 Å². The molecule has 1 aromatic heterocycles. The predicted octanol–water partition coefficient (Wildman–Crippen LogP) is 2.32. The van der Waals surface area contributed by atoms with E-state index in [4.69, 9.17) is 10.7 Å². The highest BCUT2D eigenvalue weighted by Gasteiger charge is 2.20. The van der Waals surface area contributed by atoms with Gasteiger partial charge in [0, 0.05) is 43.2 Å². The number of nitrogens with zero attached hydrogens (tertiary/aromatic N) is 4. The van der Waals surface area contributed by atoms with Gasteiger partial charge in [-0.05, 0) is 49.5 Å². The van der Waals surface area contributed by atoms with Gasteiger partial charge in [-0.15, -0.1) is 0 Å². The lowest BCUT2D eigenvalue weighted by Crippen LogP contribution is -2.34. The van der Waals surface area contributed by atoms with Crippen molar-refractivity contribution in [2.24, 2.45) is 0 Å². The molecule has 36 heavy (non-hydrogen) atoms. The van der Waals surface area contributed by atoms with Crippen LogP contribution < -0.4 is 5.73 Å². The Kier molecular flexibility index (Phi) is 7.43. The van der Waals surface area contributed by atoms with Crippen LogP contribution in [0.5, 0.6) is 0 Å². The molecule has 2 N–H and O–H groups in total. The molecular formula is C25H29N5O4S2. The molecule has 0 unspecified atom stereocenters. The molecule has 2 heterocycles. The standard InChI is InChI=1S/C25H29N5O4S2/c1-29(16-17-35(2,31)32)14-15-30-13-12-22-23(18-30)27-25(28-24(22)26)19-8-10-21(11-9-19)36(33,34)20-6-4-3-5-7-20/h3-13H,14-18H2,1-2H3,(H2,26,27,28). The molecule has 4 rings (SSSR count). The summed E-state index contributed by atoms with van der Waals surface area (Å²) in [6.07, 6.45) is 5.06. The van der Waals surface area contributed by atoms with Crippen molar-refractivity contribution in [3.05, 3.63) is 72.1 Å². The minimum absolute atomic E-state index is 0.126. The Morgan fingerprint density at radius 2 is 1.61 bits per heavy atom. The molecule has 0 amide bonds. The molecule has 0 radical (unpaired) electrons. The van der Waals surface area contributed by atoms with Gasteiger partial charge in [-0.3, -0.25) is 0 Å². The zero-order valence-electron chi connectivity index (χ0n) is 20.2. The summed E-state index contributed by atoms with van der Waals surface area (Å²) < 4.78 is 48.5. The quantitative estimate of drug-likeness (QED) is 0.446. The minimum Gasteiger partial charge on any atom is -0.383 e. The first-order chi connectivity index (χ1) is 17.0. The fourth-order valence-electron chi connectivity index (χ4n) is 3.80. The number of fused-ring (bicyclic) bond motifs is 1. The summed E-state index contributed by atoms with van der Waals surface area (Å²) in [5.41, 5.74) is 8.43. The number of hydrogen-bond acceptors (Lipinski definition) is 9. The number of nitrogen functional groups attached to an aromatic ring is 1. The second-order valence-corrected chi connectivity index (χ2v) is 13.1. The number of anilines is 1. The Hall–Kier alpha value is -3.28. The molecule has 0 bridgehead atoms. The molecule has 11 heteroatoms. The van der Waals surface area contributed by atoms with E-state index in [-0.39, 0.29) is 15.5 Å². The van der Waals surface area contributed by atoms with Crippen molar-refractivity contribution in [3.8, 4) is 11.4 Å². The van der Waals surface area contributed by atoms with E-state index in [1.54, 1.807) is 54.6 Å². The van der Waals surface area contributed by atoms with Gasteiger partial charge in [0.2, 0.25) is 9.84 Å². The number of likely N-dealkylation sites (N-methyl/N-ethyl adjacent to an activating group) is 1. The van der Waals surface area contributed by atoms with Crippen LogP contribution in [0, 0.1) is 0 Å². The summed E-state index contributed by atoms with van der Waals surface area (Å²) >= 11 is 0. The number of benzene rings is 2. The molecule has 0 spiro atoms. The molecule has 0 saturated heterocycles. The van der Waals surface area contributed by atoms with Gasteiger partial charge >= 0.3 is 0 Å². The lowest BCUT2D eigenvalue weighted by Gasteiger charge is -2.27. The topological polar surface area (TPSA) is 127 Å². The molecule has 190 valence electrons. The summed E-state index contributed by atoms with van der Waals surface area (Å²) in [4.78, 5) is 13.6. The van der Waals surface area contributed by atoms with E-state index in [2.05, 4.69) is 9.88 Å². The van der Waals surface area contributed by atoms with Crippen molar-refractivity contribution in [3.63, 3.8) is 0 Å². The van der Waals surface area contributed by atoms with Crippen LogP contribution in [0.4, 0.5) is 5.82 Å². The van der Waals surface area contributed by atoms with Crippen molar-refractivity contribution in [2.75, 3.05) is 44.4 Å². The van der Waals surface area contributed by atoms with E-state index in [0.717, 1.165) is 11.3 Å². The maximum absolute atomic E-state index is 12.9. The molecule has 0 aliphatic carbocycles. The van der Waals surface area contributed by atoms with Gasteiger partial charge in [0.15, 0.2) is 5.82 Å². The maximum Gasteiger partial charge on any atom is 0.206 e. The van der Waals surface area contributed by atoms with Crippen LogP contribution in [0.1, 0.15) is 11.3 Å². The number of sulfone groups is 2. The summed E-state index contributed by atoms with van der Waals surface area (Å²) in [7, 11) is -4.71. The highest BCUT2D eigenvalue weighted by molar-refractivity contribution is 7.91. The molecular weight excluding hydrogens is 498 g/mol. The summed E-state index contributed by atoms with van der Waals surface area (Å²) in [6.45, 7) is 2.40. The predicted molar refractivity (Wildman–Crippen MR) is 140 cm³/mol. The van der Waals surface area contributed by atoms with Gasteiger partial charge in [-0.25, -0.2) is 26.8 Å². The molecule has 1 aliphatic rings. The Morgan fingerprint density at radius 3 is 2.28 bits per heavy atom. The first kappa shape index (κ1) is 25.8. The van der Waals surface area contributed by atoms with Crippen molar-refractivity contribution >= 4 is 31.6 Å². The lowest BCUT2D eigenvalue weighted by molar-refractivity contribution is 0.277. The van der Waals surface area contributed by atoms with E-state index in [1.807, 2.05) is 24.2 Å². The minimum atomic E-state index is -3.61. The number of aromatic nitrogens is 2. The first-order valence-electron chi connectivity index (χ1n) is 11.4. The SMILES string of the molecule is CN(CCN1C=Cc2c(N)nc(-c3ccc(S(=O)(=O)c4ccccc4)cc3)nc2C1)CCS(C)(=O)=O. The van der Waals surface area contributed by atoms with Crippen LogP contribution in [0.3, 0.4) is 0 Å². The Bertz CT molecular complexity index is 1470. The third-order valence-electron chi connectivity index (χ3n) is 5.95.